The Balaban J connectivity index is 0.00000205. The van der Waals surface area contributed by atoms with Gasteiger partial charge < -0.3 is 15.2 Å². The van der Waals surface area contributed by atoms with Gasteiger partial charge in [0.05, 0.1) is 11.4 Å². The number of rotatable bonds is 3. The van der Waals surface area contributed by atoms with Crippen LogP contribution in [0.25, 0.3) is 11.4 Å². The molecule has 0 atom stereocenters. The number of hydrogen-bond acceptors (Lipinski definition) is 6. The predicted octanol–water partition coefficient (Wildman–Crippen LogP) is 3.24. The van der Waals surface area contributed by atoms with Crippen LogP contribution in [0.4, 0.5) is 11.4 Å². The van der Waals surface area contributed by atoms with E-state index in [1.165, 1.54) is 0 Å². The van der Waals surface area contributed by atoms with E-state index in [-0.39, 0.29) is 24.9 Å². The van der Waals surface area contributed by atoms with Gasteiger partial charge in [0.2, 0.25) is 11.7 Å². The molecule has 1 saturated heterocycles. The van der Waals surface area contributed by atoms with Crippen LogP contribution >= 0.6 is 12.4 Å². The van der Waals surface area contributed by atoms with Gasteiger partial charge in [-0.25, -0.2) is 0 Å². The first kappa shape index (κ1) is 19.4. The molecule has 1 aromatic heterocycles. The Morgan fingerprint density at radius 3 is 2.55 bits per heavy atom. The van der Waals surface area contributed by atoms with Crippen molar-refractivity contribution in [2.75, 3.05) is 23.3 Å². The SMILES string of the molecule is Cl.O=C1N(Cc2nc(-c3ccccc3)no2)c2ccccc2NC12CCNCC2. The Labute approximate surface area is 174 Å². The van der Waals surface area contributed by atoms with E-state index in [0.717, 1.165) is 42.9 Å². The number of amides is 1. The summed E-state index contributed by atoms with van der Waals surface area (Å²) in [6.45, 7) is 1.88. The summed E-state index contributed by atoms with van der Waals surface area (Å²) in [6, 6.07) is 17.6. The number of carbonyl (C=O) groups excluding carboxylic acids is 1. The van der Waals surface area contributed by atoms with E-state index in [0.29, 0.717) is 11.7 Å². The van der Waals surface area contributed by atoms with Crippen molar-refractivity contribution in [2.45, 2.75) is 24.9 Å². The van der Waals surface area contributed by atoms with Crippen molar-refractivity contribution >= 4 is 29.7 Å². The van der Waals surface area contributed by atoms with Gasteiger partial charge in [-0.1, -0.05) is 47.6 Å². The lowest BCUT2D eigenvalue weighted by molar-refractivity contribution is -0.124. The molecule has 2 aliphatic heterocycles. The average Bonchev–Trinajstić information content (AvgIpc) is 3.21. The second kappa shape index (κ2) is 7.85. The zero-order valence-corrected chi connectivity index (χ0v) is 16.6. The van der Waals surface area contributed by atoms with Crippen molar-refractivity contribution < 1.29 is 9.32 Å². The molecule has 150 valence electrons. The largest absolute Gasteiger partial charge is 0.369 e. The standard InChI is InChI=1S/C21H21N5O2.ClH/c27-20-21(10-12-22-13-11-21)24-16-8-4-5-9-17(16)26(20)14-18-23-19(25-28-18)15-6-2-1-3-7-15;/h1-9,22,24H,10-14H2;1H. The second-order valence-corrected chi connectivity index (χ2v) is 7.24. The van der Waals surface area contributed by atoms with Gasteiger partial charge in [0, 0.05) is 5.56 Å². The third-order valence-corrected chi connectivity index (χ3v) is 5.47. The quantitative estimate of drug-likeness (QED) is 0.688. The summed E-state index contributed by atoms with van der Waals surface area (Å²) in [5.74, 6) is 1.02. The molecule has 3 heterocycles. The summed E-state index contributed by atoms with van der Waals surface area (Å²) in [4.78, 5) is 19.8. The van der Waals surface area contributed by atoms with Crippen molar-refractivity contribution in [3.05, 3.63) is 60.5 Å². The lowest BCUT2D eigenvalue weighted by atomic mass is 9.84. The molecule has 5 rings (SSSR count). The summed E-state index contributed by atoms with van der Waals surface area (Å²) >= 11 is 0. The lowest BCUT2D eigenvalue weighted by Gasteiger charge is -2.45. The number of para-hydroxylation sites is 2. The molecule has 8 heteroatoms. The number of nitrogens with one attached hydrogen (secondary N) is 2. The molecule has 7 nitrogen and oxygen atoms in total. The maximum Gasteiger partial charge on any atom is 0.253 e. The molecule has 1 amide bonds. The Bertz CT molecular complexity index is 1000. The fourth-order valence-corrected chi connectivity index (χ4v) is 4.00. The smallest absolute Gasteiger partial charge is 0.253 e. The maximum absolute atomic E-state index is 13.5. The molecule has 0 radical (unpaired) electrons. The molecule has 0 saturated carbocycles. The molecule has 29 heavy (non-hydrogen) atoms. The fourth-order valence-electron chi connectivity index (χ4n) is 4.00. The zero-order chi connectivity index (χ0) is 19.0. The molecule has 0 bridgehead atoms. The highest BCUT2D eigenvalue weighted by Crippen LogP contribution is 2.39. The van der Waals surface area contributed by atoms with E-state index in [4.69, 9.17) is 4.52 Å². The van der Waals surface area contributed by atoms with Crippen LogP contribution in [0.2, 0.25) is 0 Å². The van der Waals surface area contributed by atoms with Gasteiger partial charge in [-0.15, -0.1) is 12.4 Å². The van der Waals surface area contributed by atoms with Crippen LogP contribution in [0, 0.1) is 0 Å². The Kier molecular flexibility index (Phi) is 5.25. The van der Waals surface area contributed by atoms with Crippen LogP contribution < -0.4 is 15.5 Å². The average molecular weight is 412 g/mol. The van der Waals surface area contributed by atoms with Gasteiger partial charge in [0.1, 0.15) is 12.1 Å². The number of benzene rings is 2. The number of nitrogens with zero attached hydrogens (tertiary/aromatic N) is 3. The molecule has 1 spiro atoms. The summed E-state index contributed by atoms with van der Waals surface area (Å²) in [7, 11) is 0. The van der Waals surface area contributed by atoms with Gasteiger partial charge in [0.25, 0.3) is 5.91 Å². The van der Waals surface area contributed by atoms with E-state index >= 15 is 0 Å². The summed E-state index contributed by atoms with van der Waals surface area (Å²) < 4.78 is 5.47. The Morgan fingerprint density at radius 1 is 1.03 bits per heavy atom. The van der Waals surface area contributed by atoms with Crippen molar-refractivity contribution in [1.82, 2.24) is 15.5 Å². The number of carbonyl (C=O) groups is 1. The number of hydrogen-bond donors (Lipinski definition) is 2. The number of halogens is 1. The molecule has 2 N–H and O–H groups in total. The highest BCUT2D eigenvalue weighted by molar-refractivity contribution is 6.07. The fraction of sp³-hybridized carbons (Fsp3) is 0.286. The van der Waals surface area contributed by atoms with Gasteiger partial charge in [0.15, 0.2) is 0 Å². The second-order valence-electron chi connectivity index (χ2n) is 7.24. The molecule has 0 unspecified atom stereocenters. The van der Waals surface area contributed by atoms with E-state index in [2.05, 4.69) is 20.8 Å². The monoisotopic (exact) mass is 411 g/mol. The minimum atomic E-state index is -0.581. The number of fused-ring (bicyclic) bond motifs is 1. The maximum atomic E-state index is 13.5. The number of aromatic nitrogens is 2. The van der Waals surface area contributed by atoms with E-state index in [1.807, 2.05) is 54.6 Å². The molecule has 2 aliphatic rings. The minimum absolute atomic E-state index is 0. The van der Waals surface area contributed by atoms with E-state index in [9.17, 15) is 4.79 Å². The zero-order valence-electron chi connectivity index (χ0n) is 15.8. The van der Waals surface area contributed by atoms with E-state index < -0.39 is 5.54 Å². The molecule has 2 aromatic carbocycles. The molecular weight excluding hydrogens is 390 g/mol. The summed E-state index contributed by atoms with van der Waals surface area (Å²) in [6.07, 6.45) is 1.49. The van der Waals surface area contributed by atoms with Gasteiger partial charge in [-0.05, 0) is 38.1 Å². The summed E-state index contributed by atoms with van der Waals surface area (Å²) in [5, 5.41) is 10.9. The minimum Gasteiger partial charge on any atom is -0.369 e. The molecule has 3 aromatic rings. The number of piperidine rings is 1. The van der Waals surface area contributed by atoms with Crippen molar-refractivity contribution in [3.8, 4) is 11.4 Å². The van der Waals surface area contributed by atoms with Crippen molar-refractivity contribution in [1.29, 1.82) is 0 Å². The summed E-state index contributed by atoms with van der Waals surface area (Å²) in [5.41, 5.74) is 2.12. The molecular formula is C21H22ClN5O2. The normalized spacial score (nSPS) is 17.4. The Hall–Kier alpha value is -2.90. The van der Waals surface area contributed by atoms with Gasteiger partial charge >= 0.3 is 0 Å². The predicted molar refractivity (Wildman–Crippen MR) is 113 cm³/mol. The van der Waals surface area contributed by atoms with Crippen LogP contribution in [0.1, 0.15) is 18.7 Å². The first-order valence-corrected chi connectivity index (χ1v) is 9.53. The van der Waals surface area contributed by atoms with Crippen LogP contribution in [0.3, 0.4) is 0 Å². The van der Waals surface area contributed by atoms with Crippen molar-refractivity contribution in [2.24, 2.45) is 0 Å². The Morgan fingerprint density at radius 2 is 1.76 bits per heavy atom. The third kappa shape index (κ3) is 3.47. The van der Waals surface area contributed by atoms with E-state index in [1.54, 1.807) is 4.90 Å². The first-order chi connectivity index (χ1) is 13.8. The van der Waals surface area contributed by atoms with Crippen LogP contribution in [-0.4, -0.2) is 34.7 Å². The topological polar surface area (TPSA) is 83.3 Å². The number of anilines is 2. The highest BCUT2D eigenvalue weighted by Gasteiger charge is 2.46. The van der Waals surface area contributed by atoms with Crippen LogP contribution in [0.5, 0.6) is 0 Å². The van der Waals surface area contributed by atoms with Crippen LogP contribution in [0.15, 0.2) is 59.1 Å². The third-order valence-electron chi connectivity index (χ3n) is 5.47. The molecule has 0 aliphatic carbocycles. The van der Waals surface area contributed by atoms with Crippen molar-refractivity contribution in [3.63, 3.8) is 0 Å². The molecule has 1 fully saturated rings. The highest BCUT2D eigenvalue weighted by atomic mass is 35.5. The van der Waals surface area contributed by atoms with Gasteiger partial charge in [-0.3, -0.25) is 9.69 Å². The first-order valence-electron chi connectivity index (χ1n) is 9.53. The van der Waals surface area contributed by atoms with Crippen LogP contribution in [-0.2, 0) is 11.3 Å². The van der Waals surface area contributed by atoms with Gasteiger partial charge in [-0.2, -0.15) is 4.98 Å². The lowest BCUT2D eigenvalue weighted by Crippen LogP contribution is -2.61.